The third-order valence-corrected chi connectivity index (χ3v) is 3.94. The number of benzene rings is 1. The zero-order chi connectivity index (χ0) is 15.6. The molecule has 1 aromatic heterocycles. The number of rotatable bonds is 3. The van der Waals surface area contributed by atoms with Crippen LogP contribution in [-0.4, -0.2) is 16.1 Å². The summed E-state index contributed by atoms with van der Waals surface area (Å²) in [6, 6.07) is 6.28. The molecule has 0 saturated heterocycles. The van der Waals surface area contributed by atoms with Crippen molar-refractivity contribution >= 4 is 33.7 Å². The highest BCUT2D eigenvalue weighted by molar-refractivity contribution is 9.10. The van der Waals surface area contributed by atoms with E-state index in [0.29, 0.717) is 4.47 Å². The van der Waals surface area contributed by atoms with Gasteiger partial charge in [-0.25, -0.2) is 9.78 Å². The molecule has 1 heterocycles. The van der Waals surface area contributed by atoms with Crippen molar-refractivity contribution in [2.24, 2.45) is 0 Å². The number of halogens is 4. The average Bonchev–Trinajstić information content (AvgIpc) is 2.40. The van der Waals surface area contributed by atoms with Crippen LogP contribution in [0.5, 0.6) is 0 Å². The molecule has 2 rings (SSSR count). The number of aromatic carboxylic acids is 1. The summed E-state index contributed by atoms with van der Waals surface area (Å²) in [6.07, 6.45) is -3.26. The van der Waals surface area contributed by atoms with E-state index < -0.39 is 17.7 Å². The highest BCUT2D eigenvalue weighted by Crippen LogP contribution is 2.40. The Morgan fingerprint density at radius 2 is 1.95 bits per heavy atom. The van der Waals surface area contributed by atoms with Gasteiger partial charge < -0.3 is 5.11 Å². The van der Waals surface area contributed by atoms with E-state index in [-0.39, 0.29) is 15.5 Å². The number of aromatic nitrogens is 1. The van der Waals surface area contributed by atoms with Crippen LogP contribution in [0, 0.1) is 0 Å². The Bertz CT molecular complexity index is 691. The summed E-state index contributed by atoms with van der Waals surface area (Å²) in [4.78, 5) is 14.7. The van der Waals surface area contributed by atoms with Gasteiger partial charge in [0.2, 0.25) is 0 Å². The van der Waals surface area contributed by atoms with Gasteiger partial charge in [-0.2, -0.15) is 13.2 Å². The molecule has 0 atom stereocenters. The van der Waals surface area contributed by atoms with Gasteiger partial charge in [0.05, 0.1) is 11.1 Å². The van der Waals surface area contributed by atoms with Crippen LogP contribution in [0.1, 0.15) is 15.9 Å². The molecule has 1 aromatic carbocycles. The van der Waals surface area contributed by atoms with E-state index in [1.165, 1.54) is 30.5 Å². The molecule has 2 aromatic rings. The maximum absolute atomic E-state index is 13.0. The smallest absolute Gasteiger partial charge is 0.417 e. The molecule has 0 aliphatic carbocycles. The molecular formula is C13H7BrF3NO2S. The van der Waals surface area contributed by atoms with Gasteiger partial charge in [0.1, 0.15) is 5.03 Å². The van der Waals surface area contributed by atoms with Crippen LogP contribution >= 0.6 is 27.7 Å². The molecule has 0 fully saturated rings. The summed E-state index contributed by atoms with van der Waals surface area (Å²) >= 11 is 3.77. The molecule has 0 unspecified atom stereocenters. The van der Waals surface area contributed by atoms with Crippen molar-refractivity contribution in [3.05, 3.63) is 52.1 Å². The second-order valence-electron chi connectivity index (χ2n) is 3.93. The summed E-state index contributed by atoms with van der Waals surface area (Å²) in [5.74, 6) is -1.16. The van der Waals surface area contributed by atoms with Crippen LogP contribution in [0.15, 0.2) is 50.9 Å². The first-order chi connectivity index (χ1) is 9.77. The average molecular weight is 378 g/mol. The zero-order valence-corrected chi connectivity index (χ0v) is 12.6. The van der Waals surface area contributed by atoms with Gasteiger partial charge in [0.25, 0.3) is 0 Å². The van der Waals surface area contributed by atoms with E-state index in [2.05, 4.69) is 20.9 Å². The number of hydrogen-bond donors (Lipinski definition) is 1. The first kappa shape index (κ1) is 15.8. The standard InChI is InChI=1S/C13H7BrF3NO2S/c14-8-1-2-10(9(6-8)13(15,16)17)21-11-5-7(12(19)20)3-4-18-11/h1-6H,(H,19,20). The molecule has 0 aliphatic heterocycles. The Morgan fingerprint density at radius 1 is 1.24 bits per heavy atom. The molecule has 0 saturated carbocycles. The summed E-state index contributed by atoms with van der Waals surface area (Å²) in [5, 5.41) is 9.06. The second-order valence-corrected chi connectivity index (χ2v) is 5.91. The minimum atomic E-state index is -4.50. The summed E-state index contributed by atoms with van der Waals surface area (Å²) < 4.78 is 39.3. The molecule has 0 aliphatic rings. The van der Waals surface area contributed by atoms with Gasteiger partial charge in [-0.15, -0.1) is 0 Å². The van der Waals surface area contributed by atoms with Crippen LogP contribution in [0.3, 0.4) is 0 Å². The van der Waals surface area contributed by atoms with Gasteiger partial charge in [-0.3, -0.25) is 0 Å². The Morgan fingerprint density at radius 3 is 2.57 bits per heavy atom. The third kappa shape index (κ3) is 3.98. The van der Waals surface area contributed by atoms with Crippen LogP contribution < -0.4 is 0 Å². The van der Waals surface area contributed by atoms with Gasteiger partial charge in [0.15, 0.2) is 0 Å². The maximum Gasteiger partial charge on any atom is 0.417 e. The fraction of sp³-hybridized carbons (Fsp3) is 0.0769. The van der Waals surface area contributed by atoms with Crippen LogP contribution in [0.4, 0.5) is 13.2 Å². The molecule has 3 nitrogen and oxygen atoms in total. The lowest BCUT2D eigenvalue weighted by Crippen LogP contribution is -2.07. The number of carbonyl (C=O) groups is 1. The van der Waals surface area contributed by atoms with E-state index in [1.807, 2.05) is 0 Å². The van der Waals surface area contributed by atoms with Crippen LogP contribution in [0.25, 0.3) is 0 Å². The fourth-order valence-corrected chi connectivity index (χ4v) is 2.83. The number of hydrogen-bond acceptors (Lipinski definition) is 3. The summed E-state index contributed by atoms with van der Waals surface area (Å²) in [6.45, 7) is 0. The lowest BCUT2D eigenvalue weighted by molar-refractivity contribution is -0.139. The SMILES string of the molecule is O=C(O)c1ccnc(Sc2ccc(Br)cc2C(F)(F)F)c1. The Kier molecular flexibility index (Phi) is 4.58. The molecule has 1 N–H and O–H groups in total. The summed E-state index contributed by atoms with van der Waals surface area (Å²) in [5.41, 5.74) is -0.831. The topological polar surface area (TPSA) is 50.2 Å². The van der Waals surface area contributed by atoms with E-state index >= 15 is 0 Å². The van der Waals surface area contributed by atoms with Gasteiger partial charge in [-0.05, 0) is 30.3 Å². The van der Waals surface area contributed by atoms with E-state index in [9.17, 15) is 18.0 Å². The number of pyridine rings is 1. The molecule has 110 valence electrons. The van der Waals surface area contributed by atoms with Crippen molar-refractivity contribution in [2.45, 2.75) is 16.1 Å². The van der Waals surface area contributed by atoms with E-state index in [1.54, 1.807) is 0 Å². The maximum atomic E-state index is 13.0. The monoisotopic (exact) mass is 377 g/mol. The zero-order valence-electron chi connectivity index (χ0n) is 10.2. The highest BCUT2D eigenvalue weighted by Gasteiger charge is 2.34. The molecular weight excluding hydrogens is 371 g/mol. The molecule has 0 bridgehead atoms. The first-order valence-electron chi connectivity index (χ1n) is 5.51. The normalized spacial score (nSPS) is 11.4. The predicted octanol–water partition coefficient (Wildman–Crippen LogP) is 4.71. The van der Waals surface area contributed by atoms with E-state index in [0.717, 1.165) is 17.8 Å². The number of nitrogens with zero attached hydrogens (tertiary/aromatic N) is 1. The van der Waals surface area contributed by atoms with Gasteiger partial charge in [-0.1, -0.05) is 27.7 Å². The van der Waals surface area contributed by atoms with E-state index in [4.69, 9.17) is 5.11 Å². The Labute approximate surface area is 130 Å². The van der Waals surface area contributed by atoms with Gasteiger partial charge >= 0.3 is 12.1 Å². The van der Waals surface area contributed by atoms with Crippen molar-refractivity contribution in [1.29, 1.82) is 0 Å². The Hall–Kier alpha value is -1.54. The molecule has 0 spiro atoms. The van der Waals surface area contributed by atoms with Crippen molar-refractivity contribution in [2.75, 3.05) is 0 Å². The van der Waals surface area contributed by atoms with Crippen molar-refractivity contribution in [1.82, 2.24) is 4.98 Å². The van der Waals surface area contributed by atoms with Crippen molar-refractivity contribution in [3.63, 3.8) is 0 Å². The molecule has 0 radical (unpaired) electrons. The lowest BCUT2D eigenvalue weighted by atomic mass is 10.2. The third-order valence-electron chi connectivity index (χ3n) is 2.44. The Balaban J connectivity index is 2.40. The second kappa shape index (κ2) is 6.07. The summed E-state index contributed by atoms with van der Waals surface area (Å²) in [7, 11) is 0. The number of alkyl halides is 3. The lowest BCUT2D eigenvalue weighted by Gasteiger charge is -2.12. The highest BCUT2D eigenvalue weighted by atomic mass is 79.9. The predicted molar refractivity (Wildman–Crippen MR) is 74.5 cm³/mol. The van der Waals surface area contributed by atoms with Crippen LogP contribution in [0.2, 0.25) is 0 Å². The quantitative estimate of drug-likeness (QED) is 0.841. The first-order valence-corrected chi connectivity index (χ1v) is 7.12. The minimum Gasteiger partial charge on any atom is -0.478 e. The van der Waals surface area contributed by atoms with Crippen molar-refractivity contribution in [3.8, 4) is 0 Å². The molecule has 21 heavy (non-hydrogen) atoms. The molecule has 0 amide bonds. The largest absolute Gasteiger partial charge is 0.478 e. The van der Waals surface area contributed by atoms with Crippen molar-refractivity contribution < 1.29 is 23.1 Å². The number of carboxylic acid groups (broad SMARTS) is 1. The fourth-order valence-electron chi connectivity index (χ4n) is 1.52. The van der Waals surface area contributed by atoms with Gasteiger partial charge in [0, 0.05) is 15.6 Å². The van der Waals surface area contributed by atoms with Crippen LogP contribution in [-0.2, 0) is 6.18 Å². The minimum absolute atomic E-state index is 0.0295. The number of carboxylic acids is 1. The molecule has 8 heteroatoms.